The Kier molecular flexibility index (Phi) is 7.10. The van der Waals surface area contributed by atoms with Gasteiger partial charge in [0.25, 0.3) is 0 Å². The van der Waals surface area contributed by atoms with Crippen molar-refractivity contribution in [3.8, 4) is 0 Å². The molecule has 0 bridgehead atoms. The van der Waals surface area contributed by atoms with Gasteiger partial charge in [0.15, 0.2) is 0 Å². The van der Waals surface area contributed by atoms with E-state index in [0.717, 1.165) is 0 Å². The molecule has 6 atom stereocenters. The van der Waals surface area contributed by atoms with Gasteiger partial charge in [-0.25, -0.2) is 9.13 Å². The van der Waals surface area contributed by atoms with E-state index >= 15 is 0 Å². The first-order valence-electron chi connectivity index (χ1n) is 7.13. The summed E-state index contributed by atoms with van der Waals surface area (Å²) >= 11 is 3.40. The molecule has 2 fully saturated rings. The molecule has 0 aromatic carbocycles. The fourth-order valence-electron chi connectivity index (χ4n) is 2.50. The van der Waals surface area contributed by atoms with E-state index in [1.165, 1.54) is 0 Å². The van der Waals surface area contributed by atoms with Gasteiger partial charge in [0.1, 0.15) is 0 Å². The van der Waals surface area contributed by atoms with Gasteiger partial charge < -0.3 is 25.5 Å². The predicted molar refractivity (Wildman–Crippen MR) is 84.2 cm³/mol. The molecule has 5 N–H and O–H groups in total. The van der Waals surface area contributed by atoms with Crippen molar-refractivity contribution < 1.29 is 37.6 Å². The maximum atomic E-state index is 11.9. The van der Waals surface area contributed by atoms with Crippen molar-refractivity contribution in [2.24, 2.45) is 0 Å². The summed E-state index contributed by atoms with van der Waals surface area (Å²) in [5.41, 5.74) is 0. The molecule has 0 spiro atoms. The van der Waals surface area contributed by atoms with Crippen LogP contribution in [-0.4, -0.2) is 65.5 Å². The van der Waals surface area contributed by atoms with E-state index < -0.39 is 26.8 Å². The lowest BCUT2D eigenvalue weighted by Gasteiger charge is -2.18. The summed E-state index contributed by atoms with van der Waals surface area (Å²) in [5, 5.41) is 15.3. The fourth-order valence-corrected chi connectivity index (χ4v) is 4.04. The van der Waals surface area contributed by atoms with Gasteiger partial charge in [0.05, 0.1) is 25.4 Å². The second kappa shape index (κ2) is 8.25. The lowest BCUT2D eigenvalue weighted by molar-refractivity contribution is 0.103. The van der Waals surface area contributed by atoms with Gasteiger partial charge in [-0.1, -0.05) is 12.2 Å². The van der Waals surface area contributed by atoms with Gasteiger partial charge >= 0.3 is 14.6 Å². The van der Waals surface area contributed by atoms with Crippen LogP contribution in [0, 0.1) is 0 Å². The van der Waals surface area contributed by atoms with Crippen LogP contribution < -0.4 is 10.6 Å². The van der Waals surface area contributed by atoms with Gasteiger partial charge in [0, 0.05) is 25.2 Å². The van der Waals surface area contributed by atoms with Crippen LogP contribution in [0.1, 0.15) is 12.8 Å². The molecule has 5 unspecified atom stereocenters. The first kappa shape index (κ1) is 19.8. The molecule has 2 heterocycles. The van der Waals surface area contributed by atoms with Crippen molar-refractivity contribution >= 4 is 26.9 Å². The molecule has 0 aliphatic carbocycles. The summed E-state index contributed by atoms with van der Waals surface area (Å²) in [6.07, 6.45) is -0.256. The molecule has 0 aromatic rings. The zero-order valence-corrected chi connectivity index (χ0v) is 15.0. The van der Waals surface area contributed by atoms with Crippen LogP contribution in [-0.2, 0) is 22.7 Å². The second-order valence-electron chi connectivity index (χ2n) is 5.61. The molecule has 136 valence electrons. The van der Waals surface area contributed by atoms with Crippen molar-refractivity contribution in [3.63, 3.8) is 0 Å². The van der Waals surface area contributed by atoms with Gasteiger partial charge in [-0.15, -0.1) is 0 Å². The van der Waals surface area contributed by atoms with Crippen LogP contribution in [0.15, 0.2) is 0 Å². The first-order chi connectivity index (χ1) is 10.6. The highest BCUT2D eigenvalue weighted by Gasteiger charge is 2.34. The van der Waals surface area contributed by atoms with Crippen LogP contribution in [0.2, 0.25) is 0 Å². The summed E-state index contributed by atoms with van der Waals surface area (Å²) in [6.45, 7) is -3.22. The number of aliphatic hydroxyl groups excluding tert-OH is 1. The molecule has 0 aromatic heterocycles. The van der Waals surface area contributed by atoms with Gasteiger partial charge in [-0.3, -0.25) is 13.6 Å². The van der Waals surface area contributed by atoms with Crippen LogP contribution in [0.25, 0.3) is 0 Å². The number of hydrogen-bond acceptors (Lipinski definition) is 8. The lowest BCUT2D eigenvalue weighted by Crippen LogP contribution is -2.27. The first-order valence-corrected chi connectivity index (χ1v) is 11.4. The smallest absolute Gasteiger partial charge is 0.392 e. The number of β-amino-alcohol motifs (C(OH)–C–C–N with tert-alkyl or cyclic N) is 1. The maximum absolute atomic E-state index is 11.9. The number of hydrogen-bond donors (Lipinski definition) is 6. The molecule has 2 aliphatic heterocycles. The van der Waals surface area contributed by atoms with Gasteiger partial charge in [0.2, 0.25) is 0 Å². The summed E-state index contributed by atoms with van der Waals surface area (Å²) in [4.78, 5) is 18.6. The Morgan fingerprint density at radius 2 is 1.65 bits per heavy atom. The second-order valence-corrected chi connectivity index (χ2v) is 9.78. The summed E-state index contributed by atoms with van der Waals surface area (Å²) in [7, 11) is -4.21. The molecule has 13 heteroatoms. The van der Waals surface area contributed by atoms with Crippen molar-refractivity contribution in [1.82, 2.24) is 10.6 Å². The molecule has 23 heavy (non-hydrogen) atoms. The van der Waals surface area contributed by atoms with Crippen molar-refractivity contribution in [1.29, 1.82) is 0 Å². The minimum atomic E-state index is -4.21. The third kappa shape index (κ3) is 7.50. The zero-order chi connectivity index (χ0) is 17.1. The average Bonchev–Trinajstić information content (AvgIpc) is 3.02. The molecule has 2 aliphatic rings. The minimum absolute atomic E-state index is 0.0368. The van der Waals surface area contributed by atoms with E-state index in [9.17, 15) is 19.1 Å². The highest BCUT2D eigenvalue weighted by molar-refractivity contribution is 8.44. The molecule has 10 nitrogen and oxygen atoms in total. The highest BCUT2D eigenvalue weighted by atomic mass is 32.7. The topological polar surface area (TPSA) is 147 Å². The predicted octanol–water partition coefficient (Wildman–Crippen LogP) is -0.380. The SMILES string of the molecule is O=P(O)(S)OCC1CC(OP(=O)(O)OC[C@@H]2CC(O)CN2)CN1. The third-order valence-corrected chi connectivity index (χ3v) is 5.42. The van der Waals surface area contributed by atoms with E-state index in [2.05, 4.69) is 27.4 Å². The minimum Gasteiger partial charge on any atom is -0.392 e. The van der Waals surface area contributed by atoms with Crippen LogP contribution >= 0.6 is 26.9 Å². The Morgan fingerprint density at radius 3 is 2.26 bits per heavy atom. The third-order valence-electron chi connectivity index (χ3n) is 3.55. The van der Waals surface area contributed by atoms with E-state index in [0.29, 0.717) is 25.9 Å². The number of thiol groups is 1. The number of aliphatic hydroxyl groups is 1. The normalized spacial score (nSPS) is 36.7. The molecule has 0 amide bonds. The standard InChI is InChI=1S/C10H22N2O8P2S/c13-9-1-7(11-3-9)5-18-21(14,15)20-10-2-8(12-4-10)6-19-22(16,17)23/h7-13H,1-6H2,(H,14,15)(H2,16,17,23)/t7-,8?,9?,10?/m0/s1. The lowest BCUT2D eigenvalue weighted by atomic mass is 10.2. The average molecular weight is 392 g/mol. The Balaban J connectivity index is 1.69. The zero-order valence-electron chi connectivity index (χ0n) is 12.3. The summed E-state index contributed by atoms with van der Waals surface area (Å²) in [5.74, 6) is 0. The Hall–Kier alpha value is 0.490. The Bertz CT molecular complexity index is 491. The van der Waals surface area contributed by atoms with E-state index in [-0.39, 0.29) is 25.3 Å². The molecule has 2 saturated heterocycles. The van der Waals surface area contributed by atoms with E-state index in [4.69, 9.17) is 13.9 Å². The quantitative estimate of drug-likeness (QED) is 0.239. The summed E-state index contributed by atoms with van der Waals surface area (Å²) < 4.78 is 37.5. The van der Waals surface area contributed by atoms with Crippen molar-refractivity contribution in [3.05, 3.63) is 0 Å². The van der Waals surface area contributed by atoms with Gasteiger partial charge in [-0.2, -0.15) is 0 Å². The molecular weight excluding hydrogens is 370 g/mol. The van der Waals surface area contributed by atoms with E-state index in [1.807, 2.05) is 0 Å². The molecular formula is C10H22N2O8P2S. The van der Waals surface area contributed by atoms with Crippen LogP contribution in [0.5, 0.6) is 0 Å². The largest absolute Gasteiger partial charge is 0.472 e. The Morgan fingerprint density at radius 1 is 1.04 bits per heavy atom. The summed E-state index contributed by atoms with van der Waals surface area (Å²) in [6, 6.07) is -0.467. The van der Waals surface area contributed by atoms with Crippen LogP contribution in [0.3, 0.4) is 0 Å². The number of nitrogens with one attached hydrogen (secondary N) is 2. The molecule has 0 radical (unpaired) electrons. The number of phosphoric acid groups is 1. The Labute approximate surface area is 139 Å². The highest BCUT2D eigenvalue weighted by Crippen LogP contribution is 2.48. The maximum Gasteiger partial charge on any atom is 0.472 e. The fraction of sp³-hybridized carbons (Fsp3) is 1.00. The van der Waals surface area contributed by atoms with Crippen LogP contribution in [0.4, 0.5) is 0 Å². The number of rotatable bonds is 8. The number of phosphoric ester groups is 1. The monoisotopic (exact) mass is 392 g/mol. The molecule has 0 saturated carbocycles. The van der Waals surface area contributed by atoms with E-state index in [1.54, 1.807) is 0 Å². The molecule has 2 rings (SSSR count). The van der Waals surface area contributed by atoms with Gasteiger partial charge in [-0.05, 0) is 12.8 Å². The van der Waals surface area contributed by atoms with Crippen molar-refractivity contribution in [2.75, 3.05) is 26.3 Å². The van der Waals surface area contributed by atoms with Crippen molar-refractivity contribution in [2.45, 2.75) is 37.1 Å².